The molecule has 0 amide bonds. The summed E-state index contributed by atoms with van der Waals surface area (Å²) in [5.74, 6) is -0.521. The molecule has 0 spiro atoms. The Kier molecular flexibility index (Phi) is 6.07. The first-order valence-corrected chi connectivity index (χ1v) is 12.8. The molecule has 1 aliphatic rings. The Morgan fingerprint density at radius 3 is 2.21 bits per heavy atom. The molecule has 1 aromatic heterocycles. The molecule has 0 aliphatic carbocycles. The number of hydrogen-bond donors (Lipinski definition) is 0. The summed E-state index contributed by atoms with van der Waals surface area (Å²) in [5.41, 5.74) is 3.08. The minimum atomic E-state index is -3.71. The summed E-state index contributed by atoms with van der Waals surface area (Å²) < 4.78 is 34.7. The summed E-state index contributed by atoms with van der Waals surface area (Å²) in [6, 6.07) is 22.5. The Morgan fingerprint density at radius 2 is 1.53 bits per heavy atom. The number of sulfonamides is 1. The predicted octanol–water partition coefficient (Wildman–Crippen LogP) is 3.88. The van der Waals surface area contributed by atoms with Gasteiger partial charge in [0.25, 0.3) is 0 Å². The molecule has 0 saturated carbocycles. The number of nitrogens with zero attached hydrogens (tertiary/aromatic N) is 3. The van der Waals surface area contributed by atoms with Crippen LogP contribution in [0.15, 0.2) is 86.9 Å². The van der Waals surface area contributed by atoms with E-state index in [9.17, 15) is 13.2 Å². The zero-order chi connectivity index (χ0) is 23.9. The van der Waals surface area contributed by atoms with Crippen LogP contribution in [0.1, 0.15) is 17.2 Å². The Bertz CT molecular complexity index is 1470. The average molecular weight is 498 g/mol. The van der Waals surface area contributed by atoms with Gasteiger partial charge in [-0.25, -0.2) is 13.2 Å². The number of halogens is 1. The van der Waals surface area contributed by atoms with Crippen LogP contribution in [0, 0.1) is 0 Å². The molecular weight excluding hydrogens is 474 g/mol. The van der Waals surface area contributed by atoms with Gasteiger partial charge in [0.1, 0.15) is 0 Å². The first-order valence-electron chi connectivity index (χ1n) is 11.0. The Balaban J connectivity index is 1.40. The highest BCUT2D eigenvalue weighted by atomic mass is 35.5. The maximum Gasteiger partial charge on any atom is 0.419 e. The van der Waals surface area contributed by atoms with Gasteiger partial charge in [-0.1, -0.05) is 54.1 Å². The van der Waals surface area contributed by atoms with Gasteiger partial charge in [0.05, 0.1) is 16.5 Å². The van der Waals surface area contributed by atoms with Crippen molar-refractivity contribution in [3.8, 4) is 0 Å². The van der Waals surface area contributed by atoms with Gasteiger partial charge in [-0.3, -0.25) is 9.47 Å². The SMILES string of the molecule is Cn1c(=O)oc2ccc(S(=O)(=O)N3CCN(C(c4ccccc4)c4ccc(Cl)cc4)CC3)cc21. The van der Waals surface area contributed by atoms with E-state index in [0.717, 1.165) is 11.1 Å². The van der Waals surface area contributed by atoms with Gasteiger partial charge in [0.2, 0.25) is 10.0 Å². The average Bonchev–Trinajstić information content (AvgIpc) is 3.14. The summed E-state index contributed by atoms with van der Waals surface area (Å²) in [6.45, 7) is 1.88. The first-order chi connectivity index (χ1) is 16.3. The zero-order valence-electron chi connectivity index (χ0n) is 18.6. The van der Waals surface area contributed by atoms with Crippen molar-refractivity contribution >= 4 is 32.7 Å². The number of benzene rings is 3. The summed E-state index contributed by atoms with van der Waals surface area (Å²) in [5, 5.41) is 0.679. The third kappa shape index (κ3) is 4.18. The van der Waals surface area contributed by atoms with Crippen LogP contribution in [0.25, 0.3) is 11.1 Å². The molecule has 5 rings (SSSR count). The van der Waals surface area contributed by atoms with Crippen molar-refractivity contribution in [3.63, 3.8) is 0 Å². The van der Waals surface area contributed by atoms with Crippen LogP contribution in [0.5, 0.6) is 0 Å². The molecule has 0 N–H and O–H groups in total. The van der Waals surface area contributed by atoms with E-state index < -0.39 is 15.8 Å². The summed E-state index contributed by atoms with van der Waals surface area (Å²) >= 11 is 6.11. The normalized spacial score (nSPS) is 16.6. The van der Waals surface area contributed by atoms with Crippen LogP contribution in [0.4, 0.5) is 0 Å². The van der Waals surface area contributed by atoms with Crippen molar-refractivity contribution in [3.05, 3.63) is 99.5 Å². The van der Waals surface area contributed by atoms with Crippen LogP contribution < -0.4 is 5.76 Å². The second kappa shape index (κ2) is 9.03. The molecule has 1 aliphatic heterocycles. The minimum absolute atomic E-state index is 0.000117. The third-order valence-corrected chi connectivity index (χ3v) is 8.49. The summed E-state index contributed by atoms with van der Waals surface area (Å²) in [6.07, 6.45) is 0. The van der Waals surface area contributed by atoms with E-state index in [2.05, 4.69) is 17.0 Å². The van der Waals surface area contributed by atoms with Crippen molar-refractivity contribution in [1.82, 2.24) is 13.8 Å². The monoisotopic (exact) mass is 497 g/mol. The Hall–Kier alpha value is -2.91. The quantitative estimate of drug-likeness (QED) is 0.418. The lowest BCUT2D eigenvalue weighted by Gasteiger charge is -2.39. The lowest BCUT2D eigenvalue weighted by Crippen LogP contribution is -2.49. The zero-order valence-corrected chi connectivity index (χ0v) is 20.2. The fourth-order valence-electron chi connectivity index (χ4n) is 4.51. The van der Waals surface area contributed by atoms with Gasteiger partial charge in [-0.05, 0) is 41.5 Å². The second-order valence-corrected chi connectivity index (χ2v) is 10.7. The van der Waals surface area contributed by atoms with Gasteiger partial charge >= 0.3 is 5.76 Å². The van der Waals surface area contributed by atoms with Crippen molar-refractivity contribution in [2.24, 2.45) is 7.05 Å². The number of piperazine rings is 1. The number of fused-ring (bicyclic) bond motifs is 1. The molecule has 9 heteroatoms. The number of aromatic nitrogens is 1. The summed E-state index contributed by atoms with van der Waals surface area (Å²) in [7, 11) is -2.15. The van der Waals surface area contributed by atoms with E-state index in [1.54, 1.807) is 7.05 Å². The number of hydrogen-bond acceptors (Lipinski definition) is 5. The predicted molar refractivity (Wildman–Crippen MR) is 132 cm³/mol. The highest BCUT2D eigenvalue weighted by Crippen LogP contribution is 2.31. The largest absolute Gasteiger partial charge is 0.419 e. The highest BCUT2D eigenvalue weighted by molar-refractivity contribution is 7.89. The molecular formula is C25H24ClN3O4S. The van der Waals surface area contributed by atoms with Crippen LogP contribution >= 0.6 is 11.6 Å². The molecule has 3 aromatic carbocycles. The Labute approximate surface area is 202 Å². The van der Waals surface area contributed by atoms with Gasteiger partial charge in [0, 0.05) is 38.2 Å². The van der Waals surface area contributed by atoms with E-state index in [-0.39, 0.29) is 10.9 Å². The van der Waals surface area contributed by atoms with E-state index in [0.29, 0.717) is 42.3 Å². The molecule has 2 heterocycles. The topological polar surface area (TPSA) is 75.8 Å². The molecule has 34 heavy (non-hydrogen) atoms. The van der Waals surface area contributed by atoms with Crippen LogP contribution in [0.2, 0.25) is 5.02 Å². The van der Waals surface area contributed by atoms with Crippen molar-refractivity contribution in [1.29, 1.82) is 0 Å². The van der Waals surface area contributed by atoms with E-state index in [1.165, 1.54) is 27.1 Å². The van der Waals surface area contributed by atoms with Crippen LogP contribution in [-0.2, 0) is 17.1 Å². The molecule has 1 saturated heterocycles. The molecule has 1 atom stereocenters. The van der Waals surface area contributed by atoms with Gasteiger partial charge in [0.15, 0.2) is 5.58 Å². The van der Waals surface area contributed by atoms with Crippen LogP contribution in [-0.4, -0.2) is 48.4 Å². The Morgan fingerprint density at radius 1 is 0.882 bits per heavy atom. The molecule has 0 radical (unpaired) electrons. The van der Waals surface area contributed by atoms with Crippen LogP contribution in [0.3, 0.4) is 0 Å². The van der Waals surface area contributed by atoms with Gasteiger partial charge in [-0.15, -0.1) is 0 Å². The number of aryl methyl sites for hydroxylation is 1. The highest BCUT2D eigenvalue weighted by Gasteiger charge is 2.32. The fraction of sp³-hybridized carbons (Fsp3) is 0.240. The van der Waals surface area contributed by atoms with Gasteiger partial charge < -0.3 is 4.42 Å². The van der Waals surface area contributed by atoms with E-state index in [4.69, 9.17) is 16.0 Å². The third-order valence-electron chi connectivity index (χ3n) is 6.34. The lowest BCUT2D eigenvalue weighted by atomic mass is 9.96. The smallest absolute Gasteiger partial charge is 0.408 e. The second-order valence-electron chi connectivity index (χ2n) is 8.36. The molecule has 1 unspecified atom stereocenters. The van der Waals surface area contributed by atoms with Crippen molar-refractivity contribution < 1.29 is 12.8 Å². The summed E-state index contributed by atoms with van der Waals surface area (Å²) in [4.78, 5) is 14.2. The van der Waals surface area contributed by atoms with Crippen molar-refractivity contribution in [2.45, 2.75) is 10.9 Å². The number of rotatable bonds is 5. The van der Waals surface area contributed by atoms with Gasteiger partial charge in [-0.2, -0.15) is 4.31 Å². The maximum absolute atomic E-state index is 13.4. The first kappa shape index (κ1) is 22.9. The molecule has 1 fully saturated rings. The van der Waals surface area contributed by atoms with E-state index in [1.807, 2.05) is 42.5 Å². The standard InChI is InChI=1S/C25H24ClN3O4S/c1-27-22-17-21(11-12-23(22)33-25(27)30)34(31,32)29-15-13-28(14-16-29)24(18-5-3-2-4-6-18)19-7-9-20(26)10-8-19/h2-12,17,24H,13-16H2,1H3. The molecule has 0 bridgehead atoms. The molecule has 176 valence electrons. The number of oxazole rings is 1. The van der Waals surface area contributed by atoms with Crippen molar-refractivity contribution in [2.75, 3.05) is 26.2 Å². The lowest BCUT2D eigenvalue weighted by molar-refractivity contribution is 0.156. The minimum Gasteiger partial charge on any atom is -0.408 e. The van der Waals surface area contributed by atoms with E-state index >= 15 is 0 Å². The molecule has 7 nitrogen and oxygen atoms in total. The molecule has 4 aromatic rings. The fourth-order valence-corrected chi connectivity index (χ4v) is 6.08. The maximum atomic E-state index is 13.4.